The summed E-state index contributed by atoms with van der Waals surface area (Å²) in [4.78, 5) is 18.3. The molecule has 1 aromatic heterocycles. The Bertz CT molecular complexity index is 1460. The Morgan fingerprint density at radius 1 is 1.14 bits per heavy atom. The number of carbonyl (C=O) groups excluding carboxylic acids is 1. The van der Waals surface area contributed by atoms with Crippen molar-refractivity contribution in [1.82, 2.24) is 9.88 Å². The molecule has 1 aliphatic carbocycles. The summed E-state index contributed by atoms with van der Waals surface area (Å²) < 4.78 is 16.6. The Kier molecular flexibility index (Phi) is 7.68. The molecule has 37 heavy (non-hydrogen) atoms. The Morgan fingerprint density at radius 3 is 2.73 bits per heavy atom. The molecule has 1 heterocycles. The lowest BCUT2D eigenvalue weighted by Gasteiger charge is -2.30. The maximum Gasteiger partial charge on any atom is 0.330 e. The van der Waals surface area contributed by atoms with Gasteiger partial charge in [0.15, 0.2) is 0 Å². The molecule has 0 spiro atoms. The molecule has 4 aromatic rings. The Balaban J connectivity index is 1.40. The fourth-order valence-corrected chi connectivity index (χ4v) is 5.82. The van der Waals surface area contributed by atoms with Crippen molar-refractivity contribution in [3.05, 3.63) is 107 Å². The summed E-state index contributed by atoms with van der Waals surface area (Å²) >= 11 is 0. The fraction of sp³-hybridized carbons (Fsp3) is 0.258. The van der Waals surface area contributed by atoms with Gasteiger partial charge in [-0.3, -0.25) is 9.11 Å². The number of aryl methyl sites for hydroxylation is 1. The zero-order chi connectivity index (χ0) is 25.8. The second-order valence-electron chi connectivity index (χ2n) is 9.55. The van der Waals surface area contributed by atoms with Crippen LogP contribution in [0, 0.1) is 0 Å². The van der Waals surface area contributed by atoms with Gasteiger partial charge in [0, 0.05) is 64.3 Å². The number of benzene rings is 3. The highest BCUT2D eigenvalue weighted by atomic mass is 32.2. The molecule has 0 saturated carbocycles. The largest absolute Gasteiger partial charge is 0.466 e. The fourth-order valence-electron chi connectivity index (χ4n) is 5.30. The van der Waals surface area contributed by atoms with E-state index in [4.69, 9.17) is 4.74 Å². The average Bonchev–Trinajstić information content (AvgIpc) is 3.54. The molecule has 0 saturated heterocycles. The first kappa shape index (κ1) is 25.2. The number of methoxy groups -OCH3 is 1. The third-order valence-electron chi connectivity index (χ3n) is 7.25. The van der Waals surface area contributed by atoms with Gasteiger partial charge in [-0.05, 0) is 71.4 Å². The number of esters is 1. The number of hydrogen-bond donors (Lipinski definition) is 1. The van der Waals surface area contributed by atoms with Crippen LogP contribution in [-0.2, 0) is 39.7 Å². The van der Waals surface area contributed by atoms with E-state index in [0.29, 0.717) is 6.04 Å². The summed E-state index contributed by atoms with van der Waals surface area (Å²) in [6.07, 6.45) is 10.2. The standard InChI is InChI=1S/C31H32N2O3S/c1-36-31(34)16-10-22-9-14-28-24(19-22)11-15-30(28)33(21-23-7-12-26(13-8-23)37(2)35)18-17-25-20-32-29-6-4-3-5-27(25)29/h3-10,12-14,16,19-20,30,32H,11,15,17-18,21H2,1-2H3/b16-10+. The van der Waals surface area contributed by atoms with E-state index in [1.54, 1.807) is 6.26 Å². The predicted octanol–water partition coefficient (Wildman–Crippen LogP) is 5.82. The Morgan fingerprint density at radius 2 is 1.95 bits per heavy atom. The molecule has 0 fully saturated rings. The predicted molar refractivity (Wildman–Crippen MR) is 150 cm³/mol. The van der Waals surface area contributed by atoms with Gasteiger partial charge >= 0.3 is 5.97 Å². The molecule has 6 heteroatoms. The van der Waals surface area contributed by atoms with Gasteiger partial charge in [0.25, 0.3) is 0 Å². The molecule has 190 valence electrons. The van der Waals surface area contributed by atoms with Crippen molar-refractivity contribution in [2.75, 3.05) is 19.9 Å². The number of nitrogens with one attached hydrogen (secondary N) is 1. The van der Waals surface area contributed by atoms with Gasteiger partial charge in [-0.25, -0.2) is 4.79 Å². The molecule has 0 amide bonds. The van der Waals surface area contributed by atoms with Crippen LogP contribution in [-0.4, -0.2) is 40.0 Å². The van der Waals surface area contributed by atoms with Crippen molar-refractivity contribution in [3.8, 4) is 0 Å². The van der Waals surface area contributed by atoms with Crippen LogP contribution in [0.25, 0.3) is 17.0 Å². The third kappa shape index (κ3) is 5.76. The zero-order valence-corrected chi connectivity index (χ0v) is 22.1. The Hall–Kier alpha value is -3.48. The SMILES string of the molecule is COC(=O)/C=C/c1ccc2c(c1)CCC2N(CCc1c[nH]c2ccccc12)Cc1ccc(S(C)=O)cc1. The molecule has 0 bridgehead atoms. The molecular formula is C31H32N2O3S. The van der Waals surface area contributed by atoms with Crippen LogP contribution in [0.1, 0.15) is 40.3 Å². The minimum Gasteiger partial charge on any atom is -0.466 e. The topological polar surface area (TPSA) is 62.4 Å². The van der Waals surface area contributed by atoms with Gasteiger partial charge in [0.05, 0.1) is 7.11 Å². The van der Waals surface area contributed by atoms with Gasteiger partial charge in [0.2, 0.25) is 0 Å². The molecule has 2 atom stereocenters. The van der Waals surface area contributed by atoms with Gasteiger partial charge in [0.1, 0.15) is 0 Å². The van der Waals surface area contributed by atoms with Crippen LogP contribution in [0.5, 0.6) is 0 Å². The van der Waals surface area contributed by atoms with E-state index in [2.05, 4.69) is 70.7 Å². The summed E-state index contributed by atoms with van der Waals surface area (Å²) in [5.74, 6) is -0.347. The van der Waals surface area contributed by atoms with Crippen molar-refractivity contribution in [2.24, 2.45) is 0 Å². The van der Waals surface area contributed by atoms with Crippen molar-refractivity contribution >= 4 is 33.7 Å². The average molecular weight is 513 g/mol. The maximum atomic E-state index is 11.9. The van der Waals surface area contributed by atoms with E-state index in [-0.39, 0.29) is 5.97 Å². The van der Waals surface area contributed by atoms with Crippen LogP contribution >= 0.6 is 0 Å². The summed E-state index contributed by atoms with van der Waals surface area (Å²) in [6.45, 7) is 1.75. The highest BCUT2D eigenvalue weighted by Crippen LogP contribution is 2.37. The number of aromatic nitrogens is 1. The number of ether oxygens (including phenoxy) is 1. The van der Waals surface area contributed by atoms with E-state index in [9.17, 15) is 9.00 Å². The minimum atomic E-state index is -0.978. The van der Waals surface area contributed by atoms with E-state index < -0.39 is 10.8 Å². The van der Waals surface area contributed by atoms with Crippen LogP contribution in [0.4, 0.5) is 0 Å². The van der Waals surface area contributed by atoms with Crippen molar-refractivity contribution in [2.45, 2.75) is 36.7 Å². The first-order valence-corrected chi connectivity index (χ1v) is 14.2. The number of aromatic amines is 1. The van der Waals surface area contributed by atoms with E-state index in [1.165, 1.54) is 46.3 Å². The van der Waals surface area contributed by atoms with Crippen LogP contribution < -0.4 is 0 Å². The molecule has 1 aliphatic rings. The first-order chi connectivity index (χ1) is 18.0. The van der Waals surface area contributed by atoms with Gasteiger partial charge < -0.3 is 9.72 Å². The smallest absolute Gasteiger partial charge is 0.330 e. The summed E-state index contributed by atoms with van der Waals surface area (Å²) in [5.41, 5.74) is 7.44. The summed E-state index contributed by atoms with van der Waals surface area (Å²) in [7, 11) is 0.411. The number of carbonyl (C=O) groups is 1. The lowest BCUT2D eigenvalue weighted by Crippen LogP contribution is -2.29. The maximum absolute atomic E-state index is 11.9. The number of para-hydroxylation sites is 1. The van der Waals surface area contributed by atoms with Crippen LogP contribution in [0.2, 0.25) is 0 Å². The lowest BCUT2D eigenvalue weighted by atomic mass is 10.0. The molecule has 3 aromatic carbocycles. The van der Waals surface area contributed by atoms with E-state index >= 15 is 0 Å². The van der Waals surface area contributed by atoms with Crippen molar-refractivity contribution in [1.29, 1.82) is 0 Å². The molecule has 5 rings (SSSR count). The molecular weight excluding hydrogens is 480 g/mol. The highest BCUT2D eigenvalue weighted by Gasteiger charge is 2.28. The molecule has 0 radical (unpaired) electrons. The van der Waals surface area contributed by atoms with Crippen molar-refractivity contribution < 1.29 is 13.7 Å². The zero-order valence-electron chi connectivity index (χ0n) is 21.3. The van der Waals surface area contributed by atoms with E-state index in [1.807, 2.05) is 18.2 Å². The third-order valence-corrected chi connectivity index (χ3v) is 8.19. The number of hydrogen-bond acceptors (Lipinski definition) is 4. The lowest BCUT2D eigenvalue weighted by molar-refractivity contribution is -0.134. The van der Waals surface area contributed by atoms with Gasteiger partial charge in [-0.1, -0.05) is 48.5 Å². The summed E-state index contributed by atoms with van der Waals surface area (Å²) in [6, 6.07) is 23.4. The Labute approximate surface area is 220 Å². The second kappa shape index (κ2) is 11.3. The van der Waals surface area contributed by atoms with Crippen molar-refractivity contribution in [3.63, 3.8) is 0 Å². The molecule has 5 nitrogen and oxygen atoms in total. The van der Waals surface area contributed by atoms with Gasteiger partial charge in [-0.15, -0.1) is 0 Å². The molecule has 1 N–H and O–H groups in total. The number of H-pyrrole nitrogens is 1. The first-order valence-electron chi connectivity index (χ1n) is 12.6. The monoisotopic (exact) mass is 512 g/mol. The number of rotatable bonds is 9. The van der Waals surface area contributed by atoms with Crippen LogP contribution in [0.3, 0.4) is 0 Å². The number of nitrogens with zero attached hydrogens (tertiary/aromatic N) is 1. The molecule has 2 unspecified atom stereocenters. The summed E-state index contributed by atoms with van der Waals surface area (Å²) in [5, 5.41) is 1.28. The van der Waals surface area contributed by atoms with Gasteiger partial charge in [-0.2, -0.15) is 0 Å². The number of fused-ring (bicyclic) bond motifs is 2. The normalized spacial score (nSPS) is 15.9. The molecule has 0 aliphatic heterocycles. The second-order valence-corrected chi connectivity index (χ2v) is 10.9. The quantitative estimate of drug-likeness (QED) is 0.227. The van der Waals surface area contributed by atoms with E-state index in [0.717, 1.165) is 42.8 Å². The highest BCUT2D eigenvalue weighted by molar-refractivity contribution is 7.84. The minimum absolute atomic E-state index is 0.318. The van der Waals surface area contributed by atoms with Crippen LogP contribution in [0.15, 0.2) is 83.9 Å².